The summed E-state index contributed by atoms with van der Waals surface area (Å²) in [6, 6.07) is 8.99. The van der Waals surface area contributed by atoms with Crippen LogP contribution in [0.15, 0.2) is 35.4 Å². The van der Waals surface area contributed by atoms with Crippen molar-refractivity contribution in [3.8, 4) is 11.8 Å². The van der Waals surface area contributed by atoms with Crippen LogP contribution in [0.4, 0.5) is 0 Å². The molecular weight excluding hydrogens is 472 g/mol. The van der Waals surface area contributed by atoms with E-state index in [0.717, 1.165) is 37.7 Å². The summed E-state index contributed by atoms with van der Waals surface area (Å²) < 4.78 is 0. The monoisotopic (exact) mass is 518 g/mol. The van der Waals surface area contributed by atoms with Crippen LogP contribution in [0.25, 0.3) is 0 Å². The minimum atomic E-state index is -1.02. The fraction of sp³-hybridized carbons (Fsp3) is 0.676. The van der Waals surface area contributed by atoms with E-state index in [1.807, 2.05) is 0 Å². The lowest BCUT2D eigenvalue weighted by Gasteiger charge is -2.53. The van der Waals surface area contributed by atoms with Gasteiger partial charge in [-0.05, 0) is 90.9 Å². The van der Waals surface area contributed by atoms with Gasteiger partial charge in [0.1, 0.15) is 5.78 Å². The molecule has 4 aliphatic carbocycles. The van der Waals surface area contributed by atoms with Crippen molar-refractivity contribution in [2.45, 2.75) is 122 Å². The average molecular weight is 519 g/mol. The summed E-state index contributed by atoms with van der Waals surface area (Å²) in [7, 11) is 0. The quantitative estimate of drug-likeness (QED) is 0.273. The Labute approximate surface area is 228 Å². The van der Waals surface area contributed by atoms with Crippen molar-refractivity contribution in [1.82, 2.24) is 0 Å². The van der Waals surface area contributed by atoms with Gasteiger partial charge in [-0.3, -0.25) is 4.79 Å². The summed E-state index contributed by atoms with van der Waals surface area (Å²) in [5, 5.41) is 33.1. The Morgan fingerprint density at radius 1 is 1.08 bits per heavy atom. The molecule has 1 aromatic carbocycles. The number of aryl methyl sites for hydroxylation is 1. The number of ketones is 1. The van der Waals surface area contributed by atoms with Crippen LogP contribution in [-0.2, 0) is 16.6 Å². The Morgan fingerprint density at radius 3 is 2.53 bits per heavy atom. The number of aliphatic hydroxyl groups is 3. The zero-order chi connectivity index (χ0) is 27.3. The van der Waals surface area contributed by atoms with Gasteiger partial charge >= 0.3 is 0 Å². The highest BCUT2D eigenvalue weighted by molar-refractivity contribution is 5.82. The second-order valence-electron chi connectivity index (χ2n) is 13.9. The molecule has 0 saturated heterocycles. The van der Waals surface area contributed by atoms with Gasteiger partial charge in [0, 0.05) is 30.6 Å². The second kappa shape index (κ2) is 10.2. The third-order valence-corrected chi connectivity index (χ3v) is 10.3. The molecule has 4 heteroatoms. The molecule has 0 aromatic heterocycles. The molecule has 3 N–H and O–H groups in total. The van der Waals surface area contributed by atoms with Gasteiger partial charge in [-0.25, -0.2) is 0 Å². The smallest absolute Gasteiger partial charge is 0.136 e. The summed E-state index contributed by atoms with van der Waals surface area (Å²) in [6.07, 6.45) is 6.64. The minimum Gasteiger partial charge on any atom is -0.390 e. The Balaban J connectivity index is 1.30. The molecule has 5 rings (SSSR count). The minimum absolute atomic E-state index is 0.0267. The summed E-state index contributed by atoms with van der Waals surface area (Å²) in [6.45, 7) is 8.85. The van der Waals surface area contributed by atoms with Gasteiger partial charge in [0.15, 0.2) is 0 Å². The van der Waals surface area contributed by atoms with E-state index in [-0.39, 0.29) is 40.8 Å². The molecule has 3 fully saturated rings. The van der Waals surface area contributed by atoms with Gasteiger partial charge in [-0.2, -0.15) is 0 Å². The van der Waals surface area contributed by atoms with Crippen LogP contribution in [0.5, 0.6) is 0 Å². The molecule has 3 saturated carbocycles. The summed E-state index contributed by atoms with van der Waals surface area (Å²) >= 11 is 0. The van der Waals surface area contributed by atoms with Crippen LogP contribution >= 0.6 is 0 Å². The molecule has 4 aliphatic rings. The van der Waals surface area contributed by atoms with Crippen molar-refractivity contribution in [2.24, 2.45) is 23.2 Å². The standard InChI is InChI=1S/C34H46O4/c1-32(2,3)24-13-11-22(12-14-24)9-7-5-6-8-10-23-20-33(4)28(19-29(36)31(33)37)26-17-18-34(38)21-25(35)15-16-27(34)30(23)26/h11-14,23,26,28-29,31,36-38H,5-7,9,15-21H2,1-4H3/t23?,26-,28-,29+,31-,33-,34+/m0/s1. The molecule has 1 aromatic rings. The lowest BCUT2D eigenvalue weighted by Crippen LogP contribution is -2.50. The lowest BCUT2D eigenvalue weighted by atomic mass is 9.52. The molecule has 4 nitrogen and oxygen atoms in total. The van der Waals surface area contributed by atoms with Crippen molar-refractivity contribution in [3.05, 3.63) is 46.5 Å². The lowest BCUT2D eigenvalue weighted by molar-refractivity contribution is -0.126. The van der Waals surface area contributed by atoms with E-state index in [1.165, 1.54) is 16.7 Å². The fourth-order valence-electron chi connectivity index (χ4n) is 8.13. The number of aliphatic hydroxyl groups excluding tert-OH is 2. The van der Waals surface area contributed by atoms with Crippen molar-refractivity contribution in [2.75, 3.05) is 0 Å². The van der Waals surface area contributed by atoms with Crippen LogP contribution in [0.1, 0.15) is 103 Å². The number of unbranched alkanes of at least 4 members (excludes halogenated alkanes) is 2. The van der Waals surface area contributed by atoms with Gasteiger partial charge < -0.3 is 15.3 Å². The summed E-state index contributed by atoms with van der Waals surface area (Å²) in [5.74, 6) is 7.59. The first-order valence-corrected chi connectivity index (χ1v) is 14.8. The first-order chi connectivity index (χ1) is 17.9. The first kappa shape index (κ1) is 27.6. The maximum Gasteiger partial charge on any atom is 0.136 e. The molecule has 0 bridgehead atoms. The molecule has 0 heterocycles. The van der Waals surface area contributed by atoms with E-state index in [0.29, 0.717) is 32.1 Å². The SMILES string of the molecule is CC(C)(C)c1ccc(CCCCC#CC2C[C@]3(C)[C@@H](O)[C@H](O)C[C@H]3[C@@H]3CC[C@@]4(O)CC(=O)CCC4=C23)cc1. The van der Waals surface area contributed by atoms with Gasteiger partial charge in [0.25, 0.3) is 0 Å². The Morgan fingerprint density at radius 2 is 1.82 bits per heavy atom. The highest BCUT2D eigenvalue weighted by Gasteiger charge is 2.60. The van der Waals surface area contributed by atoms with Crippen LogP contribution in [0.2, 0.25) is 0 Å². The van der Waals surface area contributed by atoms with Crippen LogP contribution < -0.4 is 0 Å². The van der Waals surface area contributed by atoms with E-state index >= 15 is 0 Å². The molecule has 7 atom stereocenters. The molecule has 0 spiro atoms. The number of allylic oxidation sites excluding steroid dienone is 1. The number of carbonyl (C=O) groups excluding carboxylic acids is 1. The number of carbonyl (C=O) groups is 1. The van der Waals surface area contributed by atoms with Crippen molar-refractivity contribution in [1.29, 1.82) is 0 Å². The van der Waals surface area contributed by atoms with E-state index in [1.54, 1.807) is 0 Å². The zero-order valence-corrected chi connectivity index (χ0v) is 23.7. The Kier molecular flexibility index (Phi) is 7.44. The molecule has 0 radical (unpaired) electrons. The zero-order valence-electron chi connectivity index (χ0n) is 23.7. The van der Waals surface area contributed by atoms with Gasteiger partial charge in [0.2, 0.25) is 0 Å². The molecule has 0 amide bonds. The number of hydrogen-bond donors (Lipinski definition) is 3. The maximum absolute atomic E-state index is 12.2. The predicted molar refractivity (Wildman–Crippen MR) is 150 cm³/mol. The van der Waals surface area contributed by atoms with Crippen molar-refractivity contribution < 1.29 is 20.1 Å². The number of rotatable bonds is 4. The number of benzene rings is 1. The average Bonchev–Trinajstić information content (AvgIpc) is 3.08. The largest absolute Gasteiger partial charge is 0.390 e. The Bertz CT molecular complexity index is 1150. The summed E-state index contributed by atoms with van der Waals surface area (Å²) in [4.78, 5) is 12.2. The number of hydrogen-bond acceptors (Lipinski definition) is 4. The third kappa shape index (κ3) is 5.03. The summed E-state index contributed by atoms with van der Waals surface area (Å²) in [5.41, 5.74) is 3.83. The fourth-order valence-corrected chi connectivity index (χ4v) is 8.13. The highest BCUT2D eigenvalue weighted by atomic mass is 16.3. The second-order valence-corrected chi connectivity index (χ2v) is 13.9. The molecular formula is C34H46O4. The number of Topliss-reactive ketones (excluding diaryl/α,β-unsaturated/α-hetero) is 1. The normalized spacial score (nSPS) is 36.7. The number of fused-ring (bicyclic) bond motifs is 4. The highest BCUT2D eigenvalue weighted by Crippen LogP contribution is 2.62. The topological polar surface area (TPSA) is 77.8 Å². The molecule has 206 valence electrons. The van der Waals surface area contributed by atoms with E-state index in [9.17, 15) is 20.1 Å². The van der Waals surface area contributed by atoms with Crippen molar-refractivity contribution >= 4 is 5.78 Å². The predicted octanol–water partition coefficient (Wildman–Crippen LogP) is 5.66. The van der Waals surface area contributed by atoms with E-state index in [4.69, 9.17) is 0 Å². The molecule has 0 aliphatic heterocycles. The van der Waals surface area contributed by atoms with Gasteiger partial charge in [-0.1, -0.05) is 57.9 Å². The van der Waals surface area contributed by atoms with Crippen LogP contribution in [-0.4, -0.2) is 38.9 Å². The first-order valence-electron chi connectivity index (χ1n) is 14.8. The molecule has 1 unspecified atom stereocenters. The Hall–Kier alpha value is -1.93. The maximum atomic E-state index is 12.2. The van der Waals surface area contributed by atoms with E-state index < -0.39 is 17.8 Å². The van der Waals surface area contributed by atoms with Crippen LogP contribution in [0.3, 0.4) is 0 Å². The van der Waals surface area contributed by atoms with Gasteiger partial charge in [0.05, 0.1) is 17.8 Å². The third-order valence-electron chi connectivity index (χ3n) is 10.3. The van der Waals surface area contributed by atoms with Crippen molar-refractivity contribution in [3.63, 3.8) is 0 Å². The van der Waals surface area contributed by atoms with E-state index in [2.05, 4.69) is 63.8 Å². The molecule has 38 heavy (non-hydrogen) atoms. The van der Waals surface area contributed by atoms with Gasteiger partial charge in [-0.15, -0.1) is 5.92 Å². The van der Waals surface area contributed by atoms with Crippen LogP contribution in [0, 0.1) is 35.0 Å².